The molecule has 19 heavy (non-hydrogen) atoms. The number of aromatic carboxylic acids is 1. The van der Waals surface area contributed by atoms with Crippen LogP contribution in [0.1, 0.15) is 10.5 Å². The lowest BCUT2D eigenvalue weighted by molar-refractivity contribution is 0.0687. The standard InChI is InChI=1S/C13H10N4O2/c1-17-10(13(18)19)6-9-11(15-7-16-12(9)17)8-2-4-14-5-3-8/h2-7H,1H3,(H,18,19). The third kappa shape index (κ3) is 1.74. The van der Waals surface area contributed by atoms with E-state index in [0.717, 1.165) is 5.56 Å². The topological polar surface area (TPSA) is 80.9 Å². The summed E-state index contributed by atoms with van der Waals surface area (Å²) in [7, 11) is 1.68. The Balaban J connectivity index is 2.33. The van der Waals surface area contributed by atoms with Crippen molar-refractivity contribution >= 4 is 17.0 Å². The van der Waals surface area contributed by atoms with Crippen molar-refractivity contribution in [3.8, 4) is 11.3 Å². The van der Waals surface area contributed by atoms with Crippen molar-refractivity contribution in [2.24, 2.45) is 7.05 Å². The van der Waals surface area contributed by atoms with E-state index in [9.17, 15) is 4.79 Å². The van der Waals surface area contributed by atoms with Crippen LogP contribution in [0.3, 0.4) is 0 Å². The minimum atomic E-state index is -0.985. The number of carboxylic acid groups (broad SMARTS) is 1. The predicted molar refractivity (Wildman–Crippen MR) is 68.7 cm³/mol. The molecule has 0 unspecified atom stereocenters. The maximum atomic E-state index is 11.2. The van der Waals surface area contributed by atoms with Crippen molar-refractivity contribution in [1.29, 1.82) is 0 Å². The smallest absolute Gasteiger partial charge is 0.352 e. The highest BCUT2D eigenvalue weighted by Crippen LogP contribution is 2.26. The molecule has 0 spiro atoms. The predicted octanol–water partition coefficient (Wildman–Crippen LogP) is 1.73. The molecule has 0 bridgehead atoms. The molecule has 0 amide bonds. The molecule has 3 rings (SSSR count). The number of hydrogen-bond acceptors (Lipinski definition) is 4. The molecule has 1 N–H and O–H groups in total. The second-order valence-corrected chi connectivity index (χ2v) is 4.09. The Morgan fingerprint density at radius 1 is 1.26 bits per heavy atom. The van der Waals surface area contributed by atoms with Crippen molar-refractivity contribution in [3.63, 3.8) is 0 Å². The van der Waals surface area contributed by atoms with Gasteiger partial charge in [-0.3, -0.25) is 4.98 Å². The first-order valence-corrected chi connectivity index (χ1v) is 5.62. The molecule has 0 aliphatic carbocycles. The van der Waals surface area contributed by atoms with E-state index in [0.29, 0.717) is 16.7 Å². The average Bonchev–Trinajstić information content (AvgIpc) is 2.78. The molecule has 0 saturated carbocycles. The van der Waals surface area contributed by atoms with Gasteiger partial charge in [-0.1, -0.05) is 0 Å². The molecule has 0 aliphatic rings. The lowest BCUT2D eigenvalue weighted by Crippen LogP contribution is -2.04. The van der Waals surface area contributed by atoms with E-state index in [-0.39, 0.29) is 5.69 Å². The van der Waals surface area contributed by atoms with E-state index in [1.165, 1.54) is 6.33 Å². The summed E-state index contributed by atoms with van der Waals surface area (Å²) in [6.07, 6.45) is 4.78. The van der Waals surface area contributed by atoms with Crippen molar-refractivity contribution in [3.05, 3.63) is 42.6 Å². The minimum absolute atomic E-state index is 0.186. The van der Waals surface area contributed by atoms with Crippen molar-refractivity contribution < 1.29 is 9.90 Å². The number of pyridine rings is 1. The van der Waals surface area contributed by atoms with Crippen LogP contribution in [0.5, 0.6) is 0 Å². The molecule has 0 aliphatic heterocycles. The normalized spacial score (nSPS) is 10.8. The van der Waals surface area contributed by atoms with E-state index < -0.39 is 5.97 Å². The van der Waals surface area contributed by atoms with E-state index in [2.05, 4.69) is 15.0 Å². The second-order valence-electron chi connectivity index (χ2n) is 4.09. The Morgan fingerprint density at radius 3 is 2.68 bits per heavy atom. The number of carboxylic acids is 1. The van der Waals surface area contributed by atoms with Crippen LogP contribution in [0.2, 0.25) is 0 Å². The van der Waals surface area contributed by atoms with Crippen LogP contribution in [0.4, 0.5) is 0 Å². The number of carbonyl (C=O) groups is 1. The first-order valence-electron chi connectivity index (χ1n) is 5.62. The first-order chi connectivity index (χ1) is 9.18. The number of hydrogen-bond donors (Lipinski definition) is 1. The maximum absolute atomic E-state index is 11.2. The van der Waals surface area contributed by atoms with Crippen molar-refractivity contribution in [2.45, 2.75) is 0 Å². The summed E-state index contributed by atoms with van der Waals surface area (Å²) in [6, 6.07) is 5.25. The molecule has 0 aromatic carbocycles. The first kappa shape index (κ1) is 11.3. The van der Waals surface area contributed by atoms with E-state index in [1.54, 1.807) is 30.1 Å². The molecular weight excluding hydrogens is 244 g/mol. The third-order valence-electron chi connectivity index (χ3n) is 3.00. The number of aryl methyl sites for hydroxylation is 1. The molecule has 0 fully saturated rings. The van der Waals surface area contributed by atoms with E-state index in [1.807, 2.05) is 12.1 Å². The van der Waals surface area contributed by atoms with Crippen molar-refractivity contribution in [1.82, 2.24) is 19.5 Å². The molecular formula is C13H10N4O2. The summed E-state index contributed by atoms with van der Waals surface area (Å²) >= 11 is 0. The molecule has 0 atom stereocenters. The van der Waals surface area contributed by atoms with E-state index >= 15 is 0 Å². The van der Waals surface area contributed by atoms with Gasteiger partial charge in [-0.25, -0.2) is 14.8 Å². The highest BCUT2D eigenvalue weighted by atomic mass is 16.4. The van der Waals surface area contributed by atoms with Crippen LogP contribution in [-0.4, -0.2) is 30.6 Å². The fourth-order valence-corrected chi connectivity index (χ4v) is 2.08. The monoisotopic (exact) mass is 254 g/mol. The SMILES string of the molecule is Cn1c(C(=O)O)cc2c(-c3ccncc3)ncnc21. The van der Waals surface area contributed by atoms with Crippen LogP contribution in [0.15, 0.2) is 36.9 Å². The van der Waals surface area contributed by atoms with Crippen LogP contribution in [0, 0.1) is 0 Å². The van der Waals surface area contributed by atoms with Gasteiger partial charge in [0.05, 0.1) is 5.69 Å². The highest BCUT2D eigenvalue weighted by Gasteiger charge is 2.16. The summed E-state index contributed by atoms with van der Waals surface area (Å²) in [5.74, 6) is -0.985. The molecule has 94 valence electrons. The molecule has 3 heterocycles. The lowest BCUT2D eigenvalue weighted by Gasteiger charge is -2.02. The van der Waals surface area contributed by atoms with Crippen molar-refractivity contribution in [2.75, 3.05) is 0 Å². The molecule has 0 saturated heterocycles. The largest absolute Gasteiger partial charge is 0.477 e. The van der Waals surface area contributed by atoms with Gasteiger partial charge in [-0.2, -0.15) is 0 Å². The average molecular weight is 254 g/mol. The lowest BCUT2D eigenvalue weighted by atomic mass is 10.1. The Labute approximate surface area is 108 Å². The van der Waals surface area contributed by atoms with Crippen LogP contribution in [-0.2, 0) is 7.05 Å². The van der Waals surface area contributed by atoms with Crippen LogP contribution < -0.4 is 0 Å². The zero-order chi connectivity index (χ0) is 13.4. The van der Waals surface area contributed by atoms with Gasteiger partial charge in [-0.15, -0.1) is 0 Å². The second kappa shape index (κ2) is 4.16. The summed E-state index contributed by atoms with van der Waals surface area (Å²) < 4.78 is 1.55. The van der Waals surface area contributed by atoms with Gasteiger partial charge >= 0.3 is 5.97 Å². The van der Waals surface area contributed by atoms with Gasteiger partial charge in [-0.05, 0) is 18.2 Å². The zero-order valence-corrected chi connectivity index (χ0v) is 10.1. The molecule has 6 heteroatoms. The fourth-order valence-electron chi connectivity index (χ4n) is 2.08. The van der Waals surface area contributed by atoms with Crippen LogP contribution >= 0.6 is 0 Å². The van der Waals surface area contributed by atoms with E-state index in [4.69, 9.17) is 5.11 Å². The summed E-state index contributed by atoms with van der Waals surface area (Å²) in [5.41, 5.74) is 2.37. The van der Waals surface area contributed by atoms with Gasteiger partial charge in [0.2, 0.25) is 0 Å². The number of nitrogens with zero attached hydrogens (tertiary/aromatic N) is 4. The number of fused-ring (bicyclic) bond motifs is 1. The molecule has 3 aromatic heterocycles. The number of rotatable bonds is 2. The van der Waals surface area contributed by atoms with Crippen LogP contribution in [0.25, 0.3) is 22.3 Å². The molecule has 3 aromatic rings. The minimum Gasteiger partial charge on any atom is -0.477 e. The summed E-state index contributed by atoms with van der Waals surface area (Å²) in [6.45, 7) is 0. The number of aromatic nitrogens is 4. The summed E-state index contributed by atoms with van der Waals surface area (Å²) in [4.78, 5) is 23.5. The summed E-state index contributed by atoms with van der Waals surface area (Å²) in [5, 5.41) is 9.87. The Hall–Kier alpha value is -2.76. The fraction of sp³-hybridized carbons (Fsp3) is 0.0769. The zero-order valence-electron chi connectivity index (χ0n) is 10.1. The Morgan fingerprint density at radius 2 is 2.00 bits per heavy atom. The quantitative estimate of drug-likeness (QED) is 0.753. The van der Waals surface area contributed by atoms with Gasteiger partial charge in [0.15, 0.2) is 0 Å². The maximum Gasteiger partial charge on any atom is 0.352 e. The third-order valence-corrected chi connectivity index (χ3v) is 3.00. The molecule has 0 radical (unpaired) electrons. The Kier molecular flexibility index (Phi) is 2.49. The van der Waals surface area contributed by atoms with Gasteiger partial charge < -0.3 is 9.67 Å². The van der Waals surface area contributed by atoms with Gasteiger partial charge in [0.1, 0.15) is 17.7 Å². The Bertz CT molecular complexity index is 765. The molecule has 6 nitrogen and oxygen atoms in total. The van der Waals surface area contributed by atoms with Gasteiger partial charge in [0.25, 0.3) is 0 Å². The highest BCUT2D eigenvalue weighted by molar-refractivity contribution is 5.98. The van der Waals surface area contributed by atoms with Gasteiger partial charge in [0, 0.05) is 30.4 Å².